The quantitative estimate of drug-likeness (QED) is 0.505. The third kappa shape index (κ3) is 5.02. The van der Waals surface area contributed by atoms with Gasteiger partial charge in [0, 0.05) is 12.5 Å². The van der Waals surface area contributed by atoms with Crippen molar-refractivity contribution in [2.45, 2.75) is 25.6 Å². The summed E-state index contributed by atoms with van der Waals surface area (Å²) in [4.78, 5) is 15.0. The first kappa shape index (κ1) is 21.7. The van der Waals surface area contributed by atoms with Gasteiger partial charge in [-0.2, -0.15) is 13.2 Å². The molecule has 0 saturated carbocycles. The van der Waals surface area contributed by atoms with Crippen LogP contribution in [0.5, 0.6) is 0 Å². The van der Waals surface area contributed by atoms with Crippen LogP contribution in [0.2, 0.25) is 5.02 Å². The maximum absolute atomic E-state index is 12.9. The minimum Gasteiger partial charge on any atom is -0.325 e. The van der Waals surface area contributed by atoms with Crippen molar-refractivity contribution >= 4 is 34.0 Å². The second-order valence-electron chi connectivity index (χ2n) is 7.87. The van der Waals surface area contributed by atoms with Gasteiger partial charge < -0.3 is 5.32 Å². The van der Waals surface area contributed by atoms with Crippen LogP contribution in [0.25, 0.3) is 10.8 Å². The minimum absolute atomic E-state index is 0.000299. The minimum atomic E-state index is -4.49. The van der Waals surface area contributed by atoms with E-state index in [4.69, 9.17) is 11.6 Å². The zero-order valence-electron chi connectivity index (χ0n) is 16.8. The largest absolute Gasteiger partial charge is 0.416 e. The lowest BCUT2D eigenvalue weighted by Crippen LogP contribution is -2.37. The molecule has 4 rings (SSSR count). The number of carbonyl (C=O) groups excluding carboxylic acids is 1. The van der Waals surface area contributed by atoms with Gasteiger partial charge in [0.1, 0.15) is 0 Å². The Morgan fingerprint density at radius 1 is 1.03 bits per heavy atom. The molecule has 0 spiro atoms. The van der Waals surface area contributed by atoms with E-state index in [2.05, 4.69) is 40.5 Å². The lowest BCUT2D eigenvalue weighted by atomic mass is 9.95. The summed E-state index contributed by atoms with van der Waals surface area (Å²) in [6.07, 6.45) is -3.20. The van der Waals surface area contributed by atoms with E-state index in [-0.39, 0.29) is 22.5 Å². The Hall–Kier alpha value is -2.57. The SMILES string of the molecule is O=C(Nc1cc(C(F)(F)F)ccc1Cl)C1CCN(Cc2cccc3ccccc23)CC1. The van der Waals surface area contributed by atoms with E-state index in [0.717, 1.165) is 37.8 Å². The van der Waals surface area contributed by atoms with Gasteiger partial charge >= 0.3 is 6.18 Å². The Morgan fingerprint density at radius 2 is 1.74 bits per heavy atom. The van der Waals surface area contributed by atoms with E-state index in [0.29, 0.717) is 12.8 Å². The molecule has 0 unspecified atom stereocenters. The number of likely N-dealkylation sites (tertiary alicyclic amines) is 1. The zero-order valence-corrected chi connectivity index (χ0v) is 17.5. The van der Waals surface area contributed by atoms with Crippen molar-refractivity contribution in [2.75, 3.05) is 18.4 Å². The molecule has 3 aromatic rings. The first-order valence-electron chi connectivity index (χ1n) is 10.2. The van der Waals surface area contributed by atoms with E-state index < -0.39 is 11.7 Å². The Bertz CT molecular complexity index is 1090. The number of rotatable bonds is 4. The van der Waals surface area contributed by atoms with Gasteiger partial charge in [-0.1, -0.05) is 54.1 Å². The molecule has 0 aliphatic carbocycles. The summed E-state index contributed by atoms with van der Waals surface area (Å²) < 4.78 is 38.8. The number of anilines is 1. The van der Waals surface area contributed by atoms with Crippen molar-refractivity contribution < 1.29 is 18.0 Å². The zero-order chi connectivity index (χ0) is 22.0. The number of benzene rings is 3. The number of hydrogen-bond acceptors (Lipinski definition) is 2. The van der Waals surface area contributed by atoms with Crippen molar-refractivity contribution in [3.63, 3.8) is 0 Å². The summed E-state index contributed by atoms with van der Waals surface area (Å²) in [5, 5.41) is 5.11. The predicted octanol–water partition coefficient (Wildman–Crippen LogP) is 6.36. The molecule has 1 fully saturated rings. The smallest absolute Gasteiger partial charge is 0.325 e. The van der Waals surface area contributed by atoms with E-state index in [1.165, 1.54) is 16.3 Å². The van der Waals surface area contributed by atoms with E-state index in [1.54, 1.807) is 0 Å². The van der Waals surface area contributed by atoms with Crippen LogP contribution in [0.3, 0.4) is 0 Å². The molecule has 0 aromatic heterocycles. The topological polar surface area (TPSA) is 32.3 Å². The fraction of sp³-hybridized carbons (Fsp3) is 0.292. The van der Waals surface area contributed by atoms with Crippen LogP contribution in [-0.2, 0) is 17.5 Å². The van der Waals surface area contributed by atoms with E-state index in [9.17, 15) is 18.0 Å². The van der Waals surface area contributed by atoms with Gasteiger partial charge in [-0.15, -0.1) is 0 Å². The van der Waals surface area contributed by atoms with Gasteiger partial charge in [0.15, 0.2) is 0 Å². The Kier molecular flexibility index (Phi) is 6.21. The van der Waals surface area contributed by atoms with Gasteiger partial charge in [0.05, 0.1) is 16.3 Å². The lowest BCUT2D eigenvalue weighted by Gasteiger charge is -2.31. The van der Waals surface area contributed by atoms with Crippen molar-refractivity contribution in [3.05, 3.63) is 76.8 Å². The molecule has 31 heavy (non-hydrogen) atoms. The highest BCUT2D eigenvalue weighted by atomic mass is 35.5. The fourth-order valence-corrected chi connectivity index (χ4v) is 4.22. The molecule has 0 atom stereocenters. The Balaban J connectivity index is 1.37. The standard InChI is InChI=1S/C24H22ClF3N2O/c25-21-9-8-19(24(26,27)28)14-22(21)29-23(31)17-10-12-30(13-11-17)15-18-6-3-5-16-4-1-2-7-20(16)18/h1-9,14,17H,10-13,15H2,(H,29,31). The first-order chi connectivity index (χ1) is 14.8. The van der Waals surface area contributed by atoms with E-state index in [1.807, 2.05) is 12.1 Å². The van der Waals surface area contributed by atoms with Crippen LogP contribution >= 0.6 is 11.6 Å². The maximum atomic E-state index is 12.9. The molecule has 7 heteroatoms. The molecule has 1 aliphatic rings. The number of hydrogen-bond donors (Lipinski definition) is 1. The second kappa shape index (κ2) is 8.89. The van der Waals surface area contributed by atoms with Crippen molar-refractivity contribution in [1.82, 2.24) is 4.90 Å². The summed E-state index contributed by atoms with van der Waals surface area (Å²) in [5.74, 6) is -0.541. The maximum Gasteiger partial charge on any atom is 0.416 e. The number of carbonyl (C=O) groups is 1. The van der Waals surface area contributed by atoms with Crippen molar-refractivity contribution in [1.29, 1.82) is 0 Å². The molecular formula is C24H22ClF3N2O. The van der Waals surface area contributed by atoms with Crippen LogP contribution in [-0.4, -0.2) is 23.9 Å². The molecule has 1 saturated heterocycles. The summed E-state index contributed by atoms with van der Waals surface area (Å²) in [5.41, 5.74) is 0.411. The average Bonchev–Trinajstić information content (AvgIpc) is 2.75. The number of nitrogens with one attached hydrogen (secondary N) is 1. The summed E-state index contributed by atoms with van der Waals surface area (Å²) in [6, 6.07) is 17.5. The fourth-order valence-electron chi connectivity index (χ4n) is 4.06. The van der Waals surface area contributed by atoms with Crippen LogP contribution in [0.15, 0.2) is 60.7 Å². The molecule has 1 heterocycles. The summed E-state index contributed by atoms with van der Waals surface area (Å²) in [7, 11) is 0. The molecule has 1 amide bonds. The van der Waals surface area contributed by atoms with Crippen molar-refractivity contribution in [2.24, 2.45) is 5.92 Å². The van der Waals surface area contributed by atoms with E-state index >= 15 is 0 Å². The van der Waals surface area contributed by atoms with Gasteiger partial charge in [0.2, 0.25) is 5.91 Å². The highest BCUT2D eigenvalue weighted by Crippen LogP contribution is 2.34. The molecular weight excluding hydrogens is 425 g/mol. The third-order valence-electron chi connectivity index (χ3n) is 5.78. The number of fused-ring (bicyclic) bond motifs is 1. The second-order valence-corrected chi connectivity index (χ2v) is 8.28. The molecule has 0 radical (unpaired) electrons. The molecule has 3 aromatic carbocycles. The Labute approximate surface area is 183 Å². The highest BCUT2D eigenvalue weighted by molar-refractivity contribution is 6.33. The van der Waals surface area contributed by atoms with Crippen LogP contribution in [0.4, 0.5) is 18.9 Å². The third-order valence-corrected chi connectivity index (χ3v) is 6.11. The monoisotopic (exact) mass is 446 g/mol. The molecule has 1 aliphatic heterocycles. The van der Waals surface area contributed by atoms with Gasteiger partial charge in [-0.05, 0) is 60.5 Å². The number of piperidine rings is 1. The van der Waals surface area contributed by atoms with Crippen LogP contribution < -0.4 is 5.32 Å². The van der Waals surface area contributed by atoms with Gasteiger partial charge in [-0.25, -0.2) is 0 Å². The summed E-state index contributed by atoms with van der Waals surface area (Å²) in [6.45, 7) is 2.30. The number of amides is 1. The van der Waals surface area contributed by atoms with Crippen molar-refractivity contribution in [3.8, 4) is 0 Å². The lowest BCUT2D eigenvalue weighted by molar-refractivity contribution is -0.137. The molecule has 3 nitrogen and oxygen atoms in total. The van der Waals surface area contributed by atoms with Crippen LogP contribution in [0, 0.1) is 5.92 Å². The van der Waals surface area contributed by atoms with Crippen LogP contribution in [0.1, 0.15) is 24.0 Å². The normalized spacial score (nSPS) is 15.9. The van der Waals surface area contributed by atoms with Gasteiger partial charge in [-0.3, -0.25) is 9.69 Å². The molecule has 0 bridgehead atoms. The predicted molar refractivity (Wildman–Crippen MR) is 117 cm³/mol. The molecule has 1 N–H and O–H groups in total. The highest BCUT2D eigenvalue weighted by Gasteiger charge is 2.32. The average molecular weight is 447 g/mol. The summed E-state index contributed by atoms with van der Waals surface area (Å²) >= 11 is 6.00. The number of halogens is 4. The number of nitrogens with zero attached hydrogens (tertiary/aromatic N) is 1. The molecule has 162 valence electrons. The Morgan fingerprint density at radius 3 is 2.48 bits per heavy atom. The number of alkyl halides is 3. The first-order valence-corrected chi connectivity index (χ1v) is 10.6. The van der Waals surface area contributed by atoms with Gasteiger partial charge in [0.25, 0.3) is 0 Å².